The van der Waals surface area contributed by atoms with Gasteiger partial charge < -0.3 is 9.88 Å². The molecule has 96 valence electrons. The fourth-order valence-corrected chi connectivity index (χ4v) is 3.78. The smallest absolute Gasteiger partial charge is 0.262 e. The Kier molecular flexibility index (Phi) is 3.50. The van der Waals surface area contributed by atoms with Gasteiger partial charge in [0.15, 0.2) is 5.03 Å². The van der Waals surface area contributed by atoms with Crippen LogP contribution in [0.5, 0.6) is 0 Å². The van der Waals surface area contributed by atoms with Crippen LogP contribution < -0.4 is 5.32 Å². The molecule has 1 saturated heterocycles. The van der Waals surface area contributed by atoms with E-state index < -0.39 is 10.0 Å². The van der Waals surface area contributed by atoms with Crippen molar-refractivity contribution < 1.29 is 8.42 Å². The van der Waals surface area contributed by atoms with Gasteiger partial charge in [0.05, 0.1) is 6.33 Å². The average molecular weight is 258 g/mol. The molecule has 1 N–H and O–H groups in total. The SMILES string of the molecule is CCN(C1CCNC1)S(=O)(=O)c1cn(C)cn1. The minimum absolute atomic E-state index is 0.0482. The Morgan fingerprint density at radius 3 is 2.88 bits per heavy atom. The van der Waals surface area contributed by atoms with Crippen molar-refractivity contribution in [2.24, 2.45) is 7.05 Å². The molecule has 0 aromatic carbocycles. The molecular weight excluding hydrogens is 240 g/mol. The summed E-state index contributed by atoms with van der Waals surface area (Å²) >= 11 is 0. The third-order valence-corrected chi connectivity index (χ3v) is 4.92. The molecule has 17 heavy (non-hydrogen) atoms. The van der Waals surface area contributed by atoms with E-state index in [0.717, 1.165) is 19.5 Å². The van der Waals surface area contributed by atoms with Crippen LogP contribution in [0.25, 0.3) is 0 Å². The fraction of sp³-hybridized carbons (Fsp3) is 0.700. The number of nitrogens with zero attached hydrogens (tertiary/aromatic N) is 3. The van der Waals surface area contributed by atoms with Crippen LogP contribution in [0.1, 0.15) is 13.3 Å². The quantitative estimate of drug-likeness (QED) is 0.811. The molecule has 6 nitrogen and oxygen atoms in total. The Bertz CT molecular complexity index is 476. The highest BCUT2D eigenvalue weighted by molar-refractivity contribution is 7.89. The predicted octanol–water partition coefficient (Wildman–Crippen LogP) is -0.207. The minimum Gasteiger partial charge on any atom is -0.339 e. The van der Waals surface area contributed by atoms with E-state index in [-0.39, 0.29) is 11.1 Å². The molecule has 0 bridgehead atoms. The second kappa shape index (κ2) is 4.75. The van der Waals surface area contributed by atoms with E-state index in [4.69, 9.17) is 0 Å². The molecular formula is C10H18N4O2S. The van der Waals surface area contributed by atoms with E-state index in [0.29, 0.717) is 6.54 Å². The number of hydrogen-bond donors (Lipinski definition) is 1. The maximum absolute atomic E-state index is 12.4. The van der Waals surface area contributed by atoms with Crippen LogP contribution in [0.3, 0.4) is 0 Å². The summed E-state index contributed by atoms with van der Waals surface area (Å²) in [5.41, 5.74) is 0. The molecule has 0 saturated carbocycles. The Hall–Kier alpha value is -0.920. The van der Waals surface area contributed by atoms with Gasteiger partial charge in [0.25, 0.3) is 10.0 Å². The summed E-state index contributed by atoms with van der Waals surface area (Å²) in [6.45, 7) is 3.93. The van der Waals surface area contributed by atoms with Crippen molar-refractivity contribution >= 4 is 10.0 Å². The molecule has 2 heterocycles. The molecule has 7 heteroatoms. The van der Waals surface area contributed by atoms with Gasteiger partial charge in [-0.2, -0.15) is 4.31 Å². The fourth-order valence-electron chi connectivity index (χ4n) is 2.15. The van der Waals surface area contributed by atoms with Gasteiger partial charge in [-0.1, -0.05) is 6.92 Å². The highest BCUT2D eigenvalue weighted by Crippen LogP contribution is 2.19. The van der Waals surface area contributed by atoms with E-state index in [1.807, 2.05) is 6.92 Å². The Balaban J connectivity index is 2.29. The number of imidazole rings is 1. The maximum Gasteiger partial charge on any atom is 0.262 e. The summed E-state index contributed by atoms with van der Waals surface area (Å²) in [4.78, 5) is 3.94. The number of rotatable bonds is 4. The summed E-state index contributed by atoms with van der Waals surface area (Å²) in [6, 6.07) is 0.0482. The maximum atomic E-state index is 12.4. The molecule has 1 aromatic rings. The van der Waals surface area contributed by atoms with Gasteiger partial charge in [-0.15, -0.1) is 0 Å². The van der Waals surface area contributed by atoms with Crippen molar-refractivity contribution in [2.75, 3.05) is 19.6 Å². The summed E-state index contributed by atoms with van der Waals surface area (Å²) < 4.78 is 28.0. The Morgan fingerprint density at radius 2 is 2.41 bits per heavy atom. The zero-order chi connectivity index (χ0) is 12.5. The third-order valence-electron chi connectivity index (χ3n) is 3.01. The van der Waals surface area contributed by atoms with Crippen LogP contribution in [0.15, 0.2) is 17.6 Å². The number of nitrogens with one attached hydrogen (secondary N) is 1. The molecule has 1 aromatic heterocycles. The first-order valence-corrected chi connectivity index (χ1v) is 7.20. The van der Waals surface area contributed by atoms with Gasteiger partial charge >= 0.3 is 0 Å². The first kappa shape index (κ1) is 12.5. The van der Waals surface area contributed by atoms with Gasteiger partial charge in [0.1, 0.15) is 0 Å². The van der Waals surface area contributed by atoms with Crippen molar-refractivity contribution in [1.29, 1.82) is 0 Å². The van der Waals surface area contributed by atoms with Gasteiger partial charge in [0.2, 0.25) is 0 Å². The van der Waals surface area contributed by atoms with Crippen LogP contribution >= 0.6 is 0 Å². The summed E-state index contributed by atoms with van der Waals surface area (Å²) in [5.74, 6) is 0. The first-order valence-electron chi connectivity index (χ1n) is 5.76. The summed E-state index contributed by atoms with van der Waals surface area (Å²) in [6.07, 6.45) is 3.91. The van der Waals surface area contributed by atoms with Gasteiger partial charge in [0, 0.05) is 32.4 Å². The summed E-state index contributed by atoms with van der Waals surface area (Å²) in [7, 11) is -1.69. The lowest BCUT2D eigenvalue weighted by Gasteiger charge is -2.25. The van der Waals surface area contributed by atoms with Crippen LogP contribution in [-0.4, -0.2) is 48.0 Å². The molecule has 0 radical (unpaired) electrons. The Morgan fingerprint density at radius 1 is 1.65 bits per heavy atom. The standard InChI is InChI=1S/C10H18N4O2S/c1-3-14(9-4-5-11-6-9)17(15,16)10-7-13(2)8-12-10/h7-9,11H,3-6H2,1-2H3. The van der Waals surface area contributed by atoms with E-state index in [9.17, 15) is 8.42 Å². The van der Waals surface area contributed by atoms with Gasteiger partial charge in [-0.25, -0.2) is 13.4 Å². The largest absolute Gasteiger partial charge is 0.339 e. The zero-order valence-corrected chi connectivity index (χ0v) is 10.9. The average Bonchev–Trinajstić information content (AvgIpc) is 2.89. The number of hydrogen-bond acceptors (Lipinski definition) is 4. The van der Waals surface area contributed by atoms with E-state index in [1.165, 1.54) is 10.6 Å². The van der Waals surface area contributed by atoms with Crippen molar-refractivity contribution in [2.45, 2.75) is 24.4 Å². The molecule has 1 atom stereocenters. The minimum atomic E-state index is -3.45. The highest BCUT2D eigenvalue weighted by Gasteiger charge is 2.33. The number of sulfonamides is 1. The van der Waals surface area contributed by atoms with Crippen molar-refractivity contribution in [3.05, 3.63) is 12.5 Å². The molecule has 1 unspecified atom stereocenters. The van der Waals surface area contributed by atoms with Crippen LogP contribution in [-0.2, 0) is 17.1 Å². The molecule has 1 aliphatic rings. The molecule has 0 aliphatic carbocycles. The molecule has 0 amide bonds. The lowest BCUT2D eigenvalue weighted by Crippen LogP contribution is -2.41. The monoisotopic (exact) mass is 258 g/mol. The van der Waals surface area contributed by atoms with Gasteiger partial charge in [-0.05, 0) is 13.0 Å². The first-order chi connectivity index (χ1) is 8.05. The van der Waals surface area contributed by atoms with Gasteiger partial charge in [-0.3, -0.25) is 0 Å². The normalized spacial score (nSPS) is 21.2. The second-order valence-corrected chi connectivity index (χ2v) is 6.07. The highest BCUT2D eigenvalue weighted by atomic mass is 32.2. The zero-order valence-electron chi connectivity index (χ0n) is 10.1. The topological polar surface area (TPSA) is 67.2 Å². The van der Waals surface area contributed by atoms with Crippen LogP contribution in [0.4, 0.5) is 0 Å². The number of aryl methyl sites for hydroxylation is 1. The second-order valence-electron chi connectivity index (χ2n) is 4.23. The third kappa shape index (κ3) is 2.36. The molecule has 1 aliphatic heterocycles. The molecule has 2 rings (SSSR count). The van der Waals surface area contributed by atoms with E-state index >= 15 is 0 Å². The lowest BCUT2D eigenvalue weighted by molar-refractivity contribution is 0.347. The Labute approximate surface area is 102 Å². The molecule has 1 fully saturated rings. The summed E-state index contributed by atoms with van der Waals surface area (Å²) in [5, 5.41) is 3.32. The van der Waals surface area contributed by atoms with E-state index in [2.05, 4.69) is 10.3 Å². The van der Waals surface area contributed by atoms with Crippen molar-refractivity contribution in [1.82, 2.24) is 19.2 Å². The van der Waals surface area contributed by atoms with Crippen LogP contribution in [0.2, 0.25) is 0 Å². The van der Waals surface area contributed by atoms with Crippen LogP contribution in [0, 0.1) is 0 Å². The number of likely N-dealkylation sites (N-methyl/N-ethyl adjacent to an activating group) is 1. The number of aromatic nitrogens is 2. The van der Waals surface area contributed by atoms with Crippen molar-refractivity contribution in [3.63, 3.8) is 0 Å². The predicted molar refractivity (Wildman–Crippen MR) is 64.0 cm³/mol. The lowest BCUT2D eigenvalue weighted by atomic mass is 10.3. The molecule has 0 spiro atoms. The van der Waals surface area contributed by atoms with Crippen molar-refractivity contribution in [3.8, 4) is 0 Å². The van der Waals surface area contributed by atoms with E-state index in [1.54, 1.807) is 17.8 Å².